The lowest BCUT2D eigenvalue weighted by Crippen LogP contribution is -2.54. The molecule has 28 heavy (non-hydrogen) atoms. The number of carbonyl (C=O) groups is 4. The third-order valence-corrected chi connectivity index (χ3v) is 4.37. The van der Waals surface area contributed by atoms with Gasteiger partial charge in [0, 0.05) is 12.5 Å². The molecule has 0 radical (unpaired) electrons. The number of hydrogen-bond donors (Lipinski definition) is 4. The van der Waals surface area contributed by atoms with Gasteiger partial charge in [-0.2, -0.15) is 0 Å². The minimum absolute atomic E-state index is 0.0203. The molecule has 0 aromatic heterocycles. The van der Waals surface area contributed by atoms with Crippen molar-refractivity contribution < 1.29 is 24.3 Å². The minimum Gasteiger partial charge on any atom is -0.465 e. The van der Waals surface area contributed by atoms with Crippen molar-refractivity contribution in [2.75, 3.05) is 0 Å². The molecule has 2 rings (SSSR count). The Labute approximate surface area is 164 Å². The molecule has 0 unspecified atom stereocenters. The fourth-order valence-electron chi connectivity index (χ4n) is 2.83. The molecular formula is C20H27N3O5. The molecule has 1 aliphatic rings. The van der Waals surface area contributed by atoms with E-state index in [2.05, 4.69) is 16.0 Å². The first-order chi connectivity index (χ1) is 13.3. The first kappa shape index (κ1) is 21.4. The fourth-order valence-corrected chi connectivity index (χ4v) is 2.83. The van der Waals surface area contributed by atoms with Gasteiger partial charge in [-0.05, 0) is 30.7 Å². The lowest BCUT2D eigenvalue weighted by atomic mass is 9.99. The standard InChI is InChI=1S/C20H27N3O5/c1-12(2)10-16(23-20(27)28)18(25)22-15(11-13-6-4-3-5-7-13)17(24)19(26)21-14-8-9-14/h3-7,12,14-16,23H,8-11H2,1-2H3,(H,21,26)(H,22,25)(H,27,28)/t15-,16-/m0/s1. The van der Waals surface area contributed by atoms with Crippen molar-refractivity contribution in [3.8, 4) is 0 Å². The number of hydrogen-bond acceptors (Lipinski definition) is 4. The maximum Gasteiger partial charge on any atom is 0.405 e. The maximum absolute atomic E-state index is 12.7. The number of carboxylic acid groups (broad SMARTS) is 1. The van der Waals surface area contributed by atoms with Crippen molar-refractivity contribution in [2.45, 2.75) is 57.7 Å². The molecule has 4 N–H and O–H groups in total. The highest BCUT2D eigenvalue weighted by Gasteiger charge is 2.33. The van der Waals surface area contributed by atoms with Crippen molar-refractivity contribution in [1.82, 2.24) is 16.0 Å². The number of rotatable bonds is 10. The van der Waals surface area contributed by atoms with Crippen molar-refractivity contribution in [2.24, 2.45) is 5.92 Å². The Balaban J connectivity index is 2.13. The summed E-state index contributed by atoms with van der Waals surface area (Å²) in [6.07, 6.45) is 0.781. The van der Waals surface area contributed by atoms with Crippen LogP contribution in [0.3, 0.4) is 0 Å². The zero-order valence-electron chi connectivity index (χ0n) is 16.1. The SMILES string of the molecule is CC(C)C[C@H](NC(=O)O)C(=O)N[C@@H](Cc1ccccc1)C(=O)C(=O)NC1CC1. The number of benzene rings is 1. The highest BCUT2D eigenvalue weighted by Crippen LogP contribution is 2.18. The average Bonchev–Trinajstić information content (AvgIpc) is 3.44. The summed E-state index contributed by atoms with van der Waals surface area (Å²) in [6.45, 7) is 3.72. The van der Waals surface area contributed by atoms with E-state index in [0.29, 0.717) is 0 Å². The van der Waals surface area contributed by atoms with Crippen LogP contribution < -0.4 is 16.0 Å². The Morgan fingerprint density at radius 3 is 2.21 bits per heavy atom. The van der Waals surface area contributed by atoms with Crippen LogP contribution in [-0.4, -0.2) is 46.9 Å². The molecule has 0 aliphatic heterocycles. The zero-order valence-corrected chi connectivity index (χ0v) is 16.1. The van der Waals surface area contributed by atoms with E-state index in [9.17, 15) is 19.2 Å². The molecule has 1 aromatic rings. The van der Waals surface area contributed by atoms with Crippen LogP contribution in [0, 0.1) is 5.92 Å². The number of ketones is 1. The molecule has 8 heteroatoms. The van der Waals surface area contributed by atoms with Gasteiger partial charge in [0.2, 0.25) is 11.7 Å². The first-order valence-electron chi connectivity index (χ1n) is 9.44. The van der Waals surface area contributed by atoms with Gasteiger partial charge in [0.05, 0.1) is 0 Å². The zero-order chi connectivity index (χ0) is 20.7. The monoisotopic (exact) mass is 389 g/mol. The molecule has 0 bridgehead atoms. The van der Waals surface area contributed by atoms with Gasteiger partial charge in [0.25, 0.3) is 5.91 Å². The lowest BCUT2D eigenvalue weighted by molar-refractivity contribution is -0.140. The van der Waals surface area contributed by atoms with E-state index in [0.717, 1.165) is 18.4 Å². The third-order valence-electron chi connectivity index (χ3n) is 4.37. The summed E-state index contributed by atoms with van der Waals surface area (Å²) in [5.74, 6) is -2.02. The number of nitrogens with one attached hydrogen (secondary N) is 3. The van der Waals surface area contributed by atoms with Gasteiger partial charge in [-0.15, -0.1) is 0 Å². The van der Waals surface area contributed by atoms with Crippen LogP contribution in [0.4, 0.5) is 4.79 Å². The molecule has 0 heterocycles. The molecule has 2 atom stereocenters. The average molecular weight is 389 g/mol. The highest BCUT2D eigenvalue weighted by molar-refractivity contribution is 6.38. The molecule has 152 valence electrons. The van der Waals surface area contributed by atoms with E-state index in [1.54, 1.807) is 24.3 Å². The number of amides is 3. The van der Waals surface area contributed by atoms with E-state index in [1.807, 2.05) is 19.9 Å². The Morgan fingerprint density at radius 1 is 1.04 bits per heavy atom. The Kier molecular flexibility index (Phi) is 7.54. The van der Waals surface area contributed by atoms with Crippen molar-refractivity contribution >= 4 is 23.7 Å². The summed E-state index contributed by atoms with van der Waals surface area (Å²) in [7, 11) is 0. The van der Waals surface area contributed by atoms with Crippen LogP contribution in [-0.2, 0) is 20.8 Å². The van der Waals surface area contributed by atoms with Gasteiger partial charge in [-0.1, -0.05) is 44.2 Å². The molecule has 0 spiro atoms. The molecule has 3 amide bonds. The van der Waals surface area contributed by atoms with Crippen LogP contribution in [0.1, 0.15) is 38.7 Å². The summed E-state index contributed by atoms with van der Waals surface area (Å²) < 4.78 is 0. The van der Waals surface area contributed by atoms with Crippen LogP contribution >= 0.6 is 0 Å². The summed E-state index contributed by atoms with van der Waals surface area (Å²) in [4.78, 5) is 48.5. The van der Waals surface area contributed by atoms with E-state index in [1.165, 1.54) is 0 Å². The summed E-state index contributed by atoms with van der Waals surface area (Å²) >= 11 is 0. The van der Waals surface area contributed by atoms with E-state index >= 15 is 0 Å². The molecule has 0 saturated heterocycles. The second-order valence-corrected chi connectivity index (χ2v) is 7.49. The lowest BCUT2D eigenvalue weighted by Gasteiger charge is -2.23. The minimum atomic E-state index is -1.32. The molecule has 8 nitrogen and oxygen atoms in total. The van der Waals surface area contributed by atoms with Crippen LogP contribution in [0.2, 0.25) is 0 Å². The van der Waals surface area contributed by atoms with E-state index in [-0.39, 0.29) is 24.8 Å². The predicted octanol–water partition coefficient (Wildman–Crippen LogP) is 1.24. The third kappa shape index (κ3) is 7.02. The molecular weight excluding hydrogens is 362 g/mol. The highest BCUT2D eigenvalue weighted by atomic mass is 16.4. The van der Waals surface area contributed by atoms with Gasteiger partial charge in [0.15, 0.2) is 0 Å². The predicted molar refractivity (Wildman–Crippen MR) is 103 cm³/mol. The molecule has 1 aromatic carbocycles. The summed E-state index contributed by atoms with van der Waals surface area (Å²) in [5, 5.41) is 16.4. The fraction of sp³-hybridized carbons (Fsp3) is 0.500. The molecule has 1 fully saturated rings. The largest absolute Gasteiger partial charge is 0.465 e. The van der Waals surface area contributed by atoms with Gasteiger partial charge >= 0.3 is 6.09 Å². The molecule has 1 saturated carbocycles. The summed E-state index contributed by atoms with van der Waals surface area (Å²) in [6, 6.07) is 6.97. The van der Waals surface area contributed by atoms with Crippen LogP contribution in [0.25, 0.3) is 0 Å². The quantitative estimate of drug-likeness (QED) is 0.448. The number of carbonyl (C=O) groups excluding carboxylic acids is 3. The smallest absolute Gasteiger partial charge is 0.405 e. The van der Waals surface area contributed by atoms with Crippen LogP contribution in [0.5, 0.6) is 0 Å². The van der Waals surface area contributed by atoms with Gasteiger partial charge in [-0.25, -0.2) is 4.79 Å². The first-order valence-corrected chi connectivity index (χ1v) is 9.44. The van der Waals surface area contributed by atoms with Crippen molar-refractivity contribution in [3.05, 3.63) is 35.9 Å². The van der Waals surface area contributed by atoms with Gasteiger partial charge < -0.3 is 21.1 Å². The van der Waals surface area contributed by atoms with E-state index in [4.69, 9.17) is 5.11 Å². The Hall–Kier alpha value is -2.90. The topological polar surface area (TPSA) is 125 Å². The van der Waals surface area contributed by atoms with Gasteiger partial charge in [-0.3, -0.25) is 14.4 Å². The Bertz CT molecular complexity index is 716. The van der Waals surface area contributed by atoms with Gasteiger partial charge in [0.1, 0.15) is 12.1 Å². The van der Waals surface area contributed by atoms with Crippen LogP contribution in [0.15, 0.2) is 30.3 Å². The number of Topliss-reactive ketones (excluding diaryl/α,β-unsaturated/α-hetero) is 1. The summed E-state index contributed by atoms with van der Waals surface area (Å²) in [5.41, 5.74) is 0.784. The normalized spacial score (nSPS) is 15.4. The second-order valence-electron chi connectivity index (χ2n) is 7.49. The maximum atomic E-state index is 12.7. The van der Waals surface area contributed by atoms with Crippen molar-refractivity contribution in [3.63, 3.8) is 0 Å². The Morgan fingerprint density at radius 2 is 1.68 bits per heavy atom. The molecule has 1 aliphatic carbocycles. The second kappa shape index (κ2) is 9.87. The van der Waals surface area contributed by atoms with E-state index < -0.39 is 35.8 Å². The van der Waals surface area contributed by atoms with Crippen molar-refractivity contribution in [1.29, 1.82) is 0 Å².